The summed E-state index contributed by atoms with van der Waals surface area (Å²) >= 11 is 0. The molecule has 0 unspecified atom stereocenters. The number of ether oxygens (including phenoxy) is 1. The van der Waals surface area contributed by atoms with E-state index in [4.69, 9.17) is 9.72 Å². The number of H-pyrrole nitrogens is 1. The van der Waals surface area contributed by atoms with Gasteiger partial charge < -0.3 is 14.5 Å². The molecule has 0 saturated heterocycles. The first-order chi connectivity index (χ1) is 13.8. The lowest BCUT2D eigenvalue weighted by Gasteiger charge is -2.09. The van der Waals surface area contributed by atoms with Gasteiger partial charge in [0.2, 0.25) is 0 Å². The number of aromatic nitrogens is 7. The van der Waals surface area contributed by atoms with Crippen LogP contribution >= 0.6 is 0 Å². The van der Waals surface area contributed by atoms with Crippen molar-refractivity contribution in [3.63, 3.8) is 0 Å². The Balaban J connectivity index is 1.53. The number of imidazole rings is 1. The second-order valence-electron chi connectivity index (χ2n) is 6.41. The lowest BCUT2D eigenvalue weighted by Crippen LogP contribution is -2.04. The van der Waals surface area contributed by atoms with Gasteiger partial charge in [-0.3, -0.25) is 9.78 Å². The van der Waals surface area contributed by atoms with E-state index in [1.54, 1.807) is 25.7 Å². The van der Waals surface area contributed by atoms with Crippen LogP contribution in [0.4, 0.5) is 11.5 Å². The van der Waals surface area contributed by atoms with Crippen molar-refractivity contribution in [1.82, 2.24) is 34.3 Å². The van der Waals surface area contributed by atoms with Crippen molar-refractivity contribution in [2.45, 2.75) is 6.54 Å². The number of hydrogen-bond donors (Lipinski definition) is 2. The van der Waals surface area contributed by atoms with Crippen molar-refractivity contribution in [3.05, 3.63) is 55.4 Å². The maximum Gasteiger partial charge on any atom is 0.180 e. The van der Waals surface area contributed by atoms with E-state index in [0.29, 0.717) is 19.0 Å². The van der Waals surface area contributed by atoms with Gasteiger partial charge in [0.15, 0.2) is 11.5 Å². The third-order valence-corrected chi connectivity index (χ3v) is 4.53. The number of rotatable bonds is 6. The summed E-state index contributed by atoms with van der Waals surface area (Å²) in [5, 5.41) is 15.8. The second-order valence-corrected chi connectivity index (χ2v) is 6.41. The van der Waals surface area contributed by atoms with Crippen LogP contribution in [-0.4, -0.2) is 48.1 Å². The van der Waals surface area contributed by atoms with Crippen molar-refractivity contribution in [3.8, 4) is 11.3 Å². The number of nitrogens with one attached hydrogen (secondary N) is 2. The highest BCUT2D eigenvalue weighted by Gasteiger charge is 2.11. The normalized spacial score (nSPS) is 11.5. The highest BCUT2D eigenvalue weighted by atomic mass is 16.5. The van der Waals surface area contributed by atoms with Gasteiger partial charge in [-0.15, -0.1) is 0 Å². The van der Waals surface area contributed by atoms with Crippen LogP contribution in [0.1, 0.15) is 0 Å². The van der Waals surface area contributed by atoms with Crippen molar-refractivity contribution >= 4 is 28.1 Å². The van der Waals surface area contributed by atoms with Crippen molar-refractivity contribution in [2.75, 3.05) is 19.0 Å². The quantitative estimate of drug-likeness (QED) is 0.474. The fraction of sp³-hybridized carbons (Fsp3) is 0.158. The summed E-state index contributed by atoms with van der Waals surface area (Å²) in [6.45, 7) is 1.30. The van der Waals surface area contributed by atoms with Crippen molar-refractivity contribution < 1.29 is 4.74 Å². The molecule has 5 aromatic rings. The first-order valence-electron chi connectivity index (χ1n) is 8.86. The number of fused-ring (bicyclic) bond motifs is 2. The van der Waals surface area contributed by atoms with E-state index < -0.39 is 0 Å². The first kappa shape index (κ1) is 16.5. The van der Waals surface area contributed by atoms with Gasteiger partial charge in [0.25, 0.3) is 0 Å². The summed E-state index contributed by atoms with van der Waals surface area (Å²) < 4.78 is 8.88. The van der Waals surface area contributed by atoms with E-state index in [2.05, 4.69) is 25.6 Å². The molecule has 0 radical (unpaired) electrons. The predicted molar refractivity (Wildman–Crippen MR) is 105 cm³/mol. The van der Waals surface area contributed by atoms with Crippen LogP contribution in [0.5, 0.6) is 0 Å². The lowest BCUT2D eigenvalue weighted by molar-refractivity contribution is 0.183. The summed E-state index contributed by atoms with van der Waals surface area (Å²) in [4.78, 5) is 9.23. The Hall–Kier alpha value is -3.72. The van der Waals surface area contributed by atoms with Crippen molar-refractivity contribution in [1.29, 1.82) is 0 Å². The van der Waals surface area contributed by atoms with Crippen LogP contribution in [0.2, 0.25) is 0 Å². The van der Waals surface area contributed by atoms with Gasteiger partial charge in [0.05, 0.1) is 42.4 Å². The maximum atomic E-state index is 5.10. The molecule has 0 spiro atoms. The van der Waals surface area contributed by atoms with E-state index in [0.717, 1.165) is 33.5 Å². The minimum absolute atomic E-state index is 0.607. The monoisotopic (exact) mass is 374 g/mol. The molecule has 0 bridgehead atoms. The Morgan fingerprint density at radius 3 is 3.11 bits per heavy atom. The Labute approximate surface area is 160 Å². The summed E-state index contributed by atoms with van der Waals surface area (Å²) in [6, 6.07) is 6.11. The molecular formula is C19H18N8O. The first-order valence-corrected chi connectivity index (χ1v) is 8.86. The molecule has 0 saturated carbocycles. The SMILES string of the molecule is COCCn1cc(Nc2nc(-c3ccc4cn[nH]c4c3)cn3ccnc23)cn1. The third-order valence-electron chi connectivity index (χ3n) is 4.53. The summed E-state index contributed by atoms with van der Waals surface area (Å²) in [7, 11) is 1.67. The molecule has 5 rings (SSSR count). The molecule has 0 fully saturated rings. The van der Waals surface area contributed by atoms with E-state index in [1.165, 1.54) is 0 Å². The topological polar surface area (TPSA) is 97.9 Å². The molecule has 2 N–H and O–H groups in total. The van der Waals surface area contributed by atoms with E-state index in [-0.39, 0.29) is 0 Å². The van der Waals surface area contributed by atoms with Gasteiger partial charge in [-0.25, -0.2) is 9.97 Å². The molecule has 0 atom stereocenters. The fourth-order valence-corrected chi connectivity index (χ4v) is 3.12. The van der Waals surface area contributed by atoms with Crippen LogP contribution in [0.25, 0.3) is 27.8 Å². The Morgan fingerprint density at radius 1 is 1.21 bits per heavy atom. The zero-order valence-corrected chi connectivity index (χ0v) is 15.2. The number of benzene rings is 1. The molecule has 140 valence electrons. The smallest absolute Gasteiger partial charge is 0.180 e. The van der Waals surface area contributed by atoms with Gasteiger partial charge in [-0.1, -0.05) is 12.1 Å². The maximum absolute atomic E-state index is 5.10. The lowest BCUT2D eigenvalue weighted by atomic mass is 10.1. The predicted octanol–water partition coefficient (Wildman–Crippen LogP) is 2.86. The number of methoxy groups -OCH3 is 1. The Morgan fingerprint density at radius 2 is 2.18 bits per heavy atom. The molecule has 0 aliphatic rings. The molecule has 1 aromatic carbocycles. The van der Waals surface area contributed by atoms with Crippen LogP contribution < -0.4 is 5.32 Å². The molecule has 0 aliphatic heterocycles. The van der Waals surface area contributed by atoms with Crippen LogP contribution in [0.15, 0.2) is 55.4 Å². The molecule has 9 heteroatoms. The fourth-order valence-electron chi connectivity index (χ4n) is 3.12. The molecule has 0 aliphatic carbocycles. The summed E-state index contributed by atoms with van der Waals surface area (Å²) in [5.41, 5.74) is 4.38. The van der Waals surface area contributed by atoms with Gasteiger partial charge in [-0.2, -0.15) is 10.2 Å². The Kier molecular flexibility index (Phi) is 3.99. The molecule has 0 amide bonds. The molecule has 9 nitrogen and oxygen atoms in total. The highest BCUT2D eigenvalue weighted by Crippen LogP contribution is 2.26. The van der Waals surface area contributed by atoms with E-state index in [1.807, 2.05) is 45.9 Å². The summed E-state index contributed by atoms with van der Waals surface area (Å²) in [5.74, 6) is 0.665. The average molecular weight is 374 g/mol. The largest absolute Gasteiger partial charge is 0.383 e. The summed E-state index contributed by atoms with van der Waals surface area (Å²) in [6.07, 6.45) is 11.1. The molecule has 4 heterocycles. The highest BCUT2D eigenvalue weighted by molar-refractivity contribution is 5.83. The number of hydrogen-bond acceptors (Lipinski definition) is 6. The van der Waals surface area contributed by atoms with Crippen LogP contribution in [0.3, 0.4) is 0 Å². The number of aromatic amines is 1. The van der Waals surface area contributed by atoms with E-state index >= 15 is 0 Å². The number of nitrogens with zero attached hydrogens (tertiary/aromatic N) is 6. The van der Waals surface area contributed by atoms with Crippen LogP contribution in [-0.2, 0) is 11.3 Å². The average Bonchev–Trinajstić information content (AvgIpc) is 3.45. The van der Waals surface area contributed by atoms with Crippen LogP contribution in [0, 0.1) is 0 Å². The van der Waals surface area contributed by atoms with E-state index in [9.17, 15) is 0 Å². The molecule has 4 aromatic heterocycles. The van der Waals surface area contributed by atoms with Gasteiger partial charge >= 0.3 is 0 Å². The third kappa shape index (κ3) is 2.97. The standard InChI is InChI=1S/C19H18N8O/c1-28-7-6-27-11-15(10-22-27)23-18-19-20-4-5-26(19)12-17(24-18)13-2-3-14-9-21-25-16(14)8-13/h2-5,8-12H,6-7H2,1H3,(H,21,25)(H,23,24). The molecule has 28 heavy (non-hydrogen) atoms. The minimum atomic E-state index is 0.607. The number of anilines is 2. The Bertz CT molecular complexity index is 1250. The zero-order valence-electron chi connectivity index (χ0n) is 15.2. The second kappa shape index (κ2) is 6.78. The zero-order chi connectivity index (χ0) is 18.9. The van der Waals surface area contributed by atoms with Gasteiger partial charge in [0.1, 0.15) is 0 Å². The minimum Gasteiger partial charge on any atom is -0.383 e. The van der Waals surface area contributed by atoms with Gasteiger partial charge in [-0.05, 0) is 6.07 Å². The van der Waals surface area contributed by atoms with Crippen molar-refractivity contribution in [2.24, 2.45) is 0 Å². The van der Waals surface area contributed by atoms with Gasteiger partial charge in [0, 0.05) is 42.8 Å². The molecular weight excluding hydrogens is 356 g/mol.